The van der Waals surface area contributed by atoms with Gasteiger partial charge in [-0.3, -0.25) is 4.79 Å². The molecule has 3 rings (SSSR count). The lowest BCUT2D eigenvalue weighted by Crippen LogP contribution is -2.28. The Hall–Kier alpha value is -2.01. The summed E-state index contributed by atoms with van der Waals surface area (Å²) < 4.78 is 1.82. The predicted molar refractivity (Wildman–Crippen MR) is 101 cm³/mol. The van der Waals surface area contributed by atoms with E-state index in [4.69, 9.17) is 23.2 Å². The molecule has 1 aromatic heterocycles. The molecule has 2 N–H and O–H groups in total. The molecular weight excluding hydrogens is 359 g/mol. The molecule has 2 aromatic carbocycles. The molecule has 0 saturated carbocycles. The van der Waals surface area contributed by atoms with Gasteiger partial charge in [0.1, 0.15) is 5.69 Å². The predicted octanol–water partition coefficient (Wildman–Crippen LogP) is 4.47. The Kier molecular flexibility index (Phi) is 5.04. The van der Waals surface area contributed by atoms with Gasteiger partial charge < -0.3 is 15.0 Å². The Bertz CT molecular complexity index is 950. The van der Waals surface area contributed by atoms with Gasteiger partial charge in [0, 0.05) is 28.0 Å². The SMILES string of the molecule is CC(NC(=O)c1cc2ccc(Cl)cc2n1C)c1ccc(CO)c(Cl)c1. The van der Waals surface area contributed by atoms with E-state index in [1.54, 1.807) is 18.2 Å². The number of hydrogen-bond donors (Lipinski definition) is 2. The van der Waals surface area contributed by atoms with Crippen LogP contribution in [-0.4, -0.2) is 15.6 Å². The number of aromatic nitrogens is 1. The molecule has 0 saturated heterocycles. The normalized spacial score (nSPS) is 12.4. The number of amides is 1. The maximum atomic E-state index is 12.7. The number of nitrogens with one attached hydrogen (secondary N) is 1. The van der Waals surface area contributed by atoms with Crippen molar-refractivity contribution in [3.63, 3.8) is 0 Å². The summed E-state index contributed by atoms with van der Waals surface area (Å²) in [6.45, 7) is 1.78. The second-order valence-electron chi connectivity index (χ2n) is 6.00. The number of hydrogen-bond acceptors (Lipinski definition) is 2. The molecule has 0 aliphatic carbocycles. The number of aliphatic hydroxyl groups is 1. The molecule has 0 radical (unpaired) electrons. The fourth-order valence-electron chi connectivity index (χ4n) is 2.84. The lowest BCUT2D eigenvalue weighted by atomic mass is 10.1. The van der Waals surface area contributed by atoms with Crippen molar-refractivity contribution in [3.05, 3.63) is 69.3 Å². The average molecular weight is 377 g/mol. The number of aliphatic hydroxyl groups excluding tert-OH is 1. The fourth-order valence-corrected chi connectivity index (χ4v) is 3.25. The number of carbonyl (C=O) groups is 1. The maximum absolute atomic E-state index is 12.7. The van der Waals surface area contributed by atoms with Crippen LogP contribution in [0.1, 0.15) is 34.6 Å². The van der Waals surface area contributed by atoms with E-state index in [0.717, 1.165) is 16.5 Å². The first-order chi connectivity index (χ1) is 11.9. The molecule has 4 nitrogen and oxygen atoms in total. The van der Waals surface area contributed by atoms with Gasteiger partial charge in [0.25, 0.3) is 5.91 Å². The number of fused-ring (bicyclic) bond motifs is 1. The molecule has 0 fully saturated rings. The Balaban J connectivity index is 1.84. The minimum Gasteiger partial charge on any atom is -0.392 e. The largest absolute Gasteiger partial charge is 0.392 e. The summed E-state index contributed by atoms with van der Waals surface area (Å²) in [6.07, 6.45) is 0. The van der Waals surface area contributed by atoms with E-state index in [-0.39, 0.29) is 18.6 Å². The summed E-state index contributed by atoms with van der Waals surface area (Å²) in [6, 6.07) is 12.5. The Morgan fingerprint density at radius 1 is 1.20 bits per heavy atom. The molecule has 130 valence electrons. The monoisotopic (exact) mass is 376 g/mol. The van der Waals surface area contributed by atoms with Crippen molar-refractivity contribution < 1.29 is 9.90 Å². The van der Waals surface area contributed by atoms with Gasteiger partial charge in [-0.25, -0.2) is 0 Å². The maximum Gasteiger partial charge on any atom is 0.268 e. The second kappa shape index (κ2) is 7.08. The lowest BCUT2D eigenvalue weighted by molar-refractivity contribution is 0.0932. The topological polar surface area (TPSA) is 54.3 Å². The standard InChI is InChI=1S/C19H18Cl2N2O2/c1-11(12-3-4-14(10-24)16(21)7-12)22-19(25)18-8-13-5-6-15(20)9-17(13)23(18)2/h3-9,11,24H,10H2,1-2H3,(H,22,25). The van der Waals surface area contributed by atoms with Gasteiger partial charge in [-0.2, -0.15) is 0 Å². The summed E-state index contributed by atoms with van der Waals surface area (Å²) in [7, 11) is 1.84. The van der Waals surface area contributed by atoms with Crippen molar-refractivity contribution in [1.29, 1.82) is 0 Å². The average Bonchev–Trinajstić information content (AvgIpc) is 2.91. The van der Waals surface area contributed by atoms with Crippen molar-refractivity contribution in [2.24, 2.45) is 7.05 Å². The molecule has 1 atom stereocenters. The first kappa shape index (κ1) is 17.8. The molecule has 1 unspecified atom stereocenters. The van der Waals surface area contributed by atoms with Gasteiger partial charge in [-0.15, -0.1) is 0 Å². The van der Waals surface area contributed by atoms with Crippen LogP contribution in [0, 0.1) is 0 Å². The number of halogens is 2. The van der Waals surface area contributed by atoms with E-state index >= 15 is 0 Å². The highest BCUT2D eigenvalue weighted by atomic mass is 35.5. The highest BCUT2D eigenvalue weighted by Gasteiger charge is 2.17. The first-order valence-corrected chi connectivity index (χ1v) is 8.61. The number of aryl methyl sites for hydroxylation is 1. The van der Waals surface area contributed by atoms with Gasteiger partial charge in [0.05, 0.1) is 12.6 Å². The molecule has 0 spiro atoms. The molecule has 0 aliphatic heterocycles. The smallest absolute Gasteiger partial charge is 0.268 e. The Morgan fingerprint density at radius 2 is 1.96 bits per heavy atom. The van der Waals surface area contributed by atoms with Crippen molar-refractivity contribution in [2.75, 3.05) is 0 Å². The van der Waals surface area contributed by atoms with E-state index < -0.39 is 0 Å². The third-order valence-corrected chi connectivity index (χ3v) is 4.92. The third kappa shape index (κ3) is 3.52. The Labute approximate surface area is 156 Å². The highest BCUT2D eigenvalue weighted by Crippen LogP contribution is 2.25. The van der Waals surface area contributed by atoms with Crippen LogP contribution in [0.2, 0.25) is 10.0 Å². The lowest BCUT2D eigenvalue weighted by Gasteiger charge is -2.16. The van der Waals surface area contributed by atoms with Gasteiger partial charge in [0.2, 0.25) is 0 Å². The fraction of sp³-hybridized carbons (Fsp3) is 0.211. The van der Waals surface area contributed by atoms with E-state index in [2.05, 4.69) is 5.32 Å². The summed E-state index contributed by atoms with van der Waals surface area (Å²) in [4.78, 5) is 12.7. The van der Waals surface area contributed by atoms with Gasteiger partial charge in [-0.1, -0.05) is 41.4 Å². The number of carbonyl (C=O) groups excluding carboxylic acids is 1. The third-order valence-electron chi connectivity index (χ3n) is 4.34. The van der Waals surface area contributed by atoms with Crippen LogP contribution in [0.15, 0.2) is 42.5 Å². The van der Waals surface area contributed by atoms with Crippen LogP contribution in [0.3, 0.4) is 0 Å². The molecule has 0 aliphatic rings. The quantitative estimate of drug-likeness (QED) is 0.705. The van der Waals surface area contributed by atoms with Crippen LogP contribution in [-0.2, 0) is 13.7 Å². The van der Waals surface area contributed by atoms with Crippen molar-refractivity contribution in [1.82, 2.24) is 9.88 Å². The molecule has 25 heavy (non-hydrogen) atoms. The first-order valence-electron chi connectivity index (χ1n) is 7.85. The van der Waals surface area contributed by atoms with Gasteiger partial charge in [0.15, 0.2) is 0 Å². The number of nitrogens with zero attached hydrogens (tertiary/aromatic N) is 1. The van der Waals surface area contributed by atoms with Gasteiger partial charge in [-0.05, 0) is 42.3 Å². The summed E-state index contributed by atoms with van der Waals surface area (Å²) in [5, 5.41) is 14.3. The zero-order chi connectivity index (χ0) is 18.1. The minimum atomic E-state index is -0.223. The van der Waals surface area contributed by atoms with E-state index in [9.17, 15) is 9.90 Å². The van der Waals surface area contributed by atoms with Crippen LogP contribution in [0.4, 0.5) is 0 Å². The summed E-state index contributed by atoms with van der Waals surface area (Å²) in [5.41, 5.74) is 3.00. The molecule has 6 heteroatoms. The minimum absolute atomic E-state index is 0.113. The van der Waals surface area contributed by atoms with Gasteiger partial charge >= 0.3 is 0 Å². The molecule has 0 bridgehead atoms. The Morgan fingerprint density at radius 3 is 2.64 bits per heavy atom. The zero-order valence-electron chi connectivity index (χ0n) is 13.9. The summed E-state index contributed by atoms with van der Waals surface area (Å²) in [5.74, 6) is -0.176. The zero-order valence-corrected chi connectivity index (χ0v) is 15.4. The molecular formula is C19H18Cl2N2O2. The molecule has 1 heterocycles. The van der Waals surface area contributed by atoms with E-state index in [1.807, 2.05) is 42.8 Å². The van der Waals surface area contributed by atoms with Crippen LogP contribution in [0.5, 0.6) is 0 Å². The van der Waals surface area contributed by atoms with E-state index in [1.165, 1.54) is 0 Å². The summed E-state index contributed by atoms with van der Waals surface area (Å²) >= 11 is 12.2. The molecule has 1 amide bonds. The highest BCUT2D eigenvalue weighted by molar-refractivity contribution is 6.31. The van der Waals surface area contributed by atoms with Crippen molar-refractivity contribution in [3.8, 4) is 0 Å². The van der Waals surface area contributed by atoms with Crippen LogP contribution < -0.4 is 5.32 Å². The van der Waals surface area contributed by atoms with E-state index in [0.29, 0.717) is 21.3 Å². The van der Waals surface area contributed by atoms with Crippen molar-refractivity contribution in [2.45, 2.75) is 19.6 Å². The van der Waals surface area contributed by atoms with Crippen LogP contribution in [0.25, 0.3) is 10.9 Å². The number of rotatable bonds is 4. The van der Waals surface area contributed by atoms with Crippen LogP contribution >= 0.6 is 23.2 Å². The second-order valence-corrected chi connectivity index (χ2v) is 6.84. The number of benzene rings is 2. The van der Waals surface area contributed by atoms with Crippen molar-refractivity contribution >= 4 is 40.0 Å². The molecule has 3 aromatic rings.